The van der Waals surface area contributed by atoms with E-state index in [0.29, 0.717) is 28.7 Å². The van der Waals surface area contributed by atoms with Gasteiger partial charge in [-0.3, -0.25) is 0 Å². The fraction of sp³-hybridized carbons (Fsp3) is 0.400. The molecule has 2 heterocycles. The standard InChI is InChI=1S/C10H13BrN4O2/c1-15(2)5-6(12)9-13-10(17-14-9)7-3-4-8(11)16-7/h3-4,6H,5,12H2,1-2H3. The van der Waals surface area contributed by atoms with Crippen molar-refractivity contribution in [3.63, 3.8) is 0 Å². The van der Waals surface area contributed by atoms with Crippen LogP contribution in [0.25, 0.3) is 11.7 Å². The number of hydrogen-bond acceptors (Lipinski definition) is 6. The quantitative estimate of drug-likeness (QED) is 0.925. The monoisotopic (exact) mass is 300 g/mol. The SMILES string of the molecule is CN(C)CC(N)c1noc(-c2ccc(Br)o2)n1. The smallest absolute Gasteiger partial charge is 0.293 e. The third-order valence-corrected chi connectivity index (χ3v) is 2.55. The second-order valence-electron chi connectivity index (χ2n) is 3.93. The fourth-order valence-corrected chi connectivity index (χ4v) is 1.70. The largest absolute Gasteiger partial charge is 0.444 e. The van der Waals surface area contributed by atoms with Crippen LogP contribution in [0.4, 0.5) is 0 Å². The zero-order valence-electron chi connectivity index (χ0n) is 9.55. The number of likely N-dealkylation sites (N-methyl/N-ethyl adjacent to an activating group) is 1. The zero-order valence-corrected chi connectivity index (χ0v) is 11.1. The number of furan rings is 1. The lowest BCUT2D eigenvalue weighted by Crippen LogP contribution is -2.26. The molecule has 0 radical (unpaired) electrons. The molecule has 1 unspecified atom stereocenters. The maximum absolute atomic E-state index is 5.93. The van der Waals surface area contributed by atoms with Crippen LogP contribution in [-0.2, 0) is 0 Å². The van der Waals surface area contributed by atoms with E-state index in [-0.39, 0.29) is 6.04 Å². The highest BCUT2D eigenvalue weighted by Crippen LogP contribution is 2.24. The molecule has 0 aliphatic heterocycles. The van der Waals surface area contributed by atoms with Crippen LogP contribution in [0.2, 0.25) is 0 Å². The highest BCUT2D eigenvalue weighted by molar-refractivity contribution is 9.10. The molecule has 2 N–H and O–H groups in total. The van der Waals surface area contributed by atoms with Gasteiger partial charge >= 0.3 is 0 Å². The van der Waals surface area contributed by atoms with E-state index in [4.69, 9.17) is 14.7 Å². The molecule has 0 amide bonds. The first-order valence-electron chi connectivity index (χ1n) is 5.06. The van der Waals surface area contributed by atoms with Crippen molar-refractivity contribution in [3.8, 4) is 11.7 Å². The van der Waals surface area contributed by atoms with Crippen LogP contribution in [0.3, 0.4) is 0 Å². The summed E-state index contributed by atoms with van der Waals surface area (Å²) in [5.74, 6) is 1.33. The zero-order chi connectivity index (χ0) is 12.4. The molecule has 1 atom stereocenters. The van der Waals surface area contributed by atoms with Crippen molar-refractivity contribution in [2.75, 3.05) is 20.6 Å². The Bertz CT molecular complexity index is 494. The number of nitrogens with zero attached hydrogens (tertiary/aromatic N) is 3. The minimum atomic E-state index is -0.277. The Balaban J connectivity index is 2.15. The van der Waals surface area contributed by atoms with Crippen LogP contribution < -0.4 is 5.73 Å². The normalized spacial score (nSPS) is 13.2. The lowest BCUT2D eigenvalue weighted by molar-refractivity contribution is 0.355. The lowest BCUT2D eigenvalue weighted by Gasteiger charge is -2.12. The summed E-state index contributed by atoms with van der Waals surface area (Å²) in [5.41, 5.74) is 5.93. The Morgan fingerprint density at radius 1 is 1.47 bits per heavy atom. The Kier molecular flexibility index (Phi) is 3.60. The van der Waals surface area contributed by atoms with Gasteiger partial charge in [0.15, 0.2) is 16.3 Å². The van der Waals surface area contributed by atoms with Gasteiger partial charge in [0.05, 0.1) is 6.04 Å². The Morgan fingerprint density at radius 3 is 2.82 bits per heavy atom. The predicted octanol–water partition coefficient (Wildman–Crippen LogP) is 1.65. The molecule has 0 aromatic carbocycles. The Morgan fingerprint density at radius 2 is 2.24 bits per heavy atom. The number of aromatic nitrogens is 2. The van der Waals surface area contributed by atoms with Crippen LogP contribution >= 0.6 is 15.9 Å². The van der Waals surface area contributed by atoms with E-state index in [2.05, 4.69) is 26.1 Å². The summed E-state index contributed by atoms with van der Waals surface area (Å²) < 4.78 is 11.0. The molecule has 7 heteroatoms. The van der Waals surface area contributed by atoms with E-state index in [1.165, 1.54) is 0 Å². The van der Waals surface area contributed by atoms with Gasteiger partial charge in [-0.2, -0.15) is 4.98 Å². The third-order valence-electron chi connectivity index (χ3n) is 2.12. The molecule has 17 heavy (non-hydrogen) atoms. The Labute approximate surface area is 107 Å². The molecular weight excluding hydrogens is 288 g/mol. The van der Waals surface area contributed by atoms with Gasteiger partial charge in [0.1, 0.15) is 0 Å². The summed E-state index contributed by atoms with van der Waals surface area (Å²) in [5, 5.41) is 3.84. The van der Waals surface area contributed by atoms with Gasteiger partial charge in [0.2, 0.25) is 0 Å². The number of hydrogen-bond donors (Lipinski definition) is 1. The second kappa shape index (κ2) is 4.99. The fourth-order valence-electron chi connectivity index (χ4n) is 1.39. The maximum Gasteiger partial charge on any atom is 0.293 e. The van der Waals surface area contributed by atoms with Gasteiger partial charge in [-0.25, -0.2) is 0 Å². The Hall–Kier alpha value is -1.18. The van der Waals surface area contributed by atoms with Crippen LogP contribution in [0.1, 0.15) is 11.9 Å². The highest BCUT2D eigenvalue weighted by atomic mass is 79.9. The molecule has 0 saturated carbocycles. The van der Waals surface area contributed by atoms with Crippen LogP contribution in [0.15, 0.2) is 25.7 Å². The molecule has 0 saturated heterocycles. The summed E-state index contributed by atoms with van der Waals surface area (Å²) in [7, 11) is 3.87. The number of rotatable bonds is 4. The van der Waals surface area contributed by atoms with E-state index in [1.54, 1.807) is 12.1 Å². The molecule has 0 fully saturated rings. The van der Waals surface area contributed by atoms with E-state index in [0.717, 1.165) is 0 Å². The first-order valence-corrected chi connectivity index (χ1v) is 5.85. The first kappa shape index (κ1) is 12.3. The summed E-state index contributed by atoms with van der Waals surface area (Å²) in [6.45, 7) is 0.654. The van der Waals surface area contributed by atoms with Crippen LogP contribution in [-0.4, -0.2) is 35.7 Å². The van der Waals surface area contributed by atoms with Crippen molar-refractivity contribution in [1.29, 1.82) is 0 Å². The maximum atomic E-state index is 5.93. The third kappa shape index (κ3) is 2.93. The number of halogens is 1. The van der Waals surface area contributed by atoms with Crippen molar-refractivity contribution in [1.82, 2.24) is 15.0 Å². The minimum absolute atomic E-state index is 0.277. The van der Waals surface area contributed by atoms with Crippen LogP contribution in [0.5, 0.6) is 0 Å². The summed E-state index contributed by atoms with van der Waals surface area (Å²) in [6, 6.07) is 3.23. The molecule has 2 aromatic heterocycles. The van der Waals surface area contributed by atoms with Crippen LogP contribution in [0, 0.1) is 0 Å². The summed E-state index contributed by atoms with van der Waals surface area (Å²) in [4.78, 5) is 6.17. The van der Waals surface area contributed by atoms with Crippen molar-refractivity contribution < 1.29 is 8.94 Å². The molecule has 6 nitrogen and oxygen atoms in total. The molecule has 0 aliphatic rings. The van der Waals surface area contributed by atoms with Gasteiger partial charge in [-0.15, -0.1) is 0 Å². The summed E-state index contributed by atoms with van der Waals surface area (Å²) >= 11 is 3.21. The summed E-state index contributed by atoms with van der Waals surface area (Å²) in [6.07, 6.45) is 0. The van der Waals surface area contributed by atoms with Gasteiger partial charge in [-0.05, 0) is 42.2 Å². The topological polar surface area (TPSA) is 81.3 Å². The van der Waals surface area contributed by atoms with Gasteiger partial charge in [-0.1, -0.05) is 5.16 Å². The molecule has 0 aliphatic carbocycles. The first-order chi connectivity index (χ1) is 8.06. The van der Waals surface area contributed by atoms with Crippen molar-refractivity contribution in [2.24, 2.45) is 5.73 Å². The van der Waals surface area contributed by atoms with Crippen molar-refractivity contribution in [2.45, 2.75) is 6.04 Å². The van der Waals surface area contributed by atoms with E-state index in [1.807, 2.05) is 19.0 Å². The molecule has 92 valence electrons. The number of nitrogens with two attached hydrogens (primary N) is 1. The minimum Gasteiger partial charge on any atom is -0.444 e. The molecule has 0 bridgehead atoms. The molecule has 0 spiro atoms. The van der Waals surface area contributed by atoms with Crippen molar-refractivity contribution >= 4 is 15.9 Å². The van der Waals surface area contributed by atoms with Gasteiger partial charge < -0.3 is 19.6 Å². The molecular formula is C10H13BrN4O2. The van der Waals surface area contributed by atoms with Gasteiger partial charge in [0.25, 0.3) is 5.89 Å². The molecule has 2 aromatic rings. The van der Waals surface area contributed by atoms with Gasteiger partial charge in [0, 0.05) is 6.54 Å². The van der Waals surface area contributed by atoms with E-state index < -0.39 is 0 Å². The molecule has 2 rings (SSSR count). The average Bonchev–Trinajstić information content (AvgIpc) is 2.84. The second-order valence-corrected chi connectivity index (χ2v) is 4.71. The van der Waals surface area contributed by atoms with E-state index >= 15 is 0 Å². The average molecular weight is 301 g/mol. The predicted molar refractivity (Wildman–Crippen MR) is 65.2 cm³/mol. The van der Waals surface area contributed by atoms with E-state index in [9.17, 15) is 0 Å². The van der Waals surface area contributed by atoms with Crippen molar-refractivity contribution in [3.05, 3.63) is 22.6 Å². The lowest BCUT2D eigenvalue weighted by atomic mass is 10.3. The highest BCUT2D eigenvalue weighted by Gasteiger charge is 2.17.